The summed E-state index contributed by atoms with van der Waals surface area (Å²) in [6.07, 6.45) is -4.42. The van der Waals surface area contributed by atoms with Crippen molar-refractivity contribution < 1.29 is 13.2 Å². The lowest BCUT2D eigenvalue weighted by atomic mass is 10.1. The summed E-state index contributed by atoms with van der Waals surface area (Å²) in [6.45, 7) is 1.90. The lowest BCUT2D eigenvalue weighted by molar-refractivity contribution is -0.137. The van der Waals surface area contributed by atoms with E-state index in [0.717, 1.165) is 17.7 Å². The Labute approximate surface area is 102 Å². The molecule has 0 atom stereocenters. The van der Waals surface area contributed by atoms with E-state index in [1.54, 1.807) is 12.1 Å². The van der Waals surface area contributed by atoms with Crippen molar-refractivity contribution in [2.24, 2.45) is 0 Å². The minimum atomic E-state index is -4.42. The van der Waals surface area contributed by atoms with Crippen molar-refractivity contribution in [2.45, 2.75) is 13.1 Å². The summed E-state index contributed by atoms with van der Waals surface area (Å²) in [7, 11) is 0. The van der Waals surface area contributed by atoms with Gasteiger partial charge < -0.3 is 5.73 Å². The molecule has 2 N–H and O–H groups in total. The Balaban J connectivity index is 2.52. The van der Waals surface area contributed by atoms with Crippen LogP contribution in [0.1, 0.15) is 11.1 Å². The van der Waals surface area contributed by atoms with Gasteiger partial charge in [-0.2, -0.15) is 13.2 Å². The second-order valence-corrected chi connectivity index (χ2v) is 4.03. The van der Waals surface area contributed by atoms with Gasteiger partial charge in [-0.15, -0.1) is 0 Å². The highest BCUT2D eigenvalue weighted by Crippen LogP contribution is 2.32. The molecule has 0 fully saturated rings. The molecule has 94 valence electrons. The van der Waals surface area contributed by atoms with Crippen LogP contribution in [-0.2, 0) is 6.18 Å². The van der Waals surface area contributed by atoms with Crippen LogP contribution in [0.5, 0.6) is 0 Å². The van der Waals surface area contributed by atoms with E-state index < -0.39 is 11.7 Å². The van der Waals surface area contributed by atoms with Crippen LogP contribution in [0.25, 0.3) is 11.3 Å². The monoisotopic (exact) mass is 252 g/mol. The van der Waals surface area contributed by atoms with Crippen molar-refractivity contribution in [1.82, 2.24) is 4.98 Å². The van der Waals surface area contributed by atoms with E-state index in [4.69, 9.17) is 5.73 Å². The van der Waals surface area contributed by atoms with E-state index in [9.17, 15) is 13.2 Å². The van der Waals surface area contributed by atoms with Crippen molar-refractivity contribution in [2.75, 3.05) is 5.73 Å². The summed E-state index contributed by atoms with van der Waals surface area (Å²) < 4.78 is 37.9. The van der Waals surface area contributed by atoms with Crippen LogP contribution in [0.4, 0.5) is 19.0 Å². The van der Waals surface area contributed by atoms with E-state index in [1.165, 1.54) is 0 Å². The topological polar surface area (TPSA) is 38.9 Å². The number of nitrogens with zero attached hydrogens (tertiary/aromatic N) is 1. The fourth-order valence-electron chi connectivity index (χ4n) is 1.59. The quantitative estimate of drug-likeness (QED) is 0.841. The molecular weight excluding hydrogens is 241 g/mol. The Kier molecular flexibility index (Phi) is 2.98. The number of nitrogens with two attached hydrogens (primary N) is 1. The molecule has 18 heavy (non-hydrogen) atoms. The molecule has 0 amide bonds. The Morgan fingerprint density at radius 1 is 1.06 bits per heavy atom. The first-order valence-electron chi connectivity index (χ1n) is 5.28. The molecule has 0 aliphatic carbocycles. The average Bonchev–Trinajstić information content (AvgIpc) is 2.28. The third kappa shape index (κ3) is 2.61. The van der Waals surface area contributed by atoms with Crippen LogP contribution in [0.3, 0.4) is 0 Å². The average molecular weight is 252 g/mol. The molecule has 0 bridgehead atoms. The molecule has 0 saturated carbocycles. The first-order valence-corrected chi connectivity index (χ1v) is 5.28. The van der Waals surface area contributed by atoms with Gasteiger partial charge in [0.15, 0.2) is 0 Å². The van der Waals surface area contributed by atoms with Crippen LogP contribution in [-0.4, -0.2) is 4.98 Å². The third-order valence-electron chi connectivity index (χ3n) is 2.52. The van der Waals surface area contributed by atoms with Crippen LogP contribution in [0.15, 0.2) is 36.4 Å². The zero-order chi connectivity index (χ0) is 13.3. The number of aryl methyl sites for hydroxylation is 1. The number of pyridine rings is 1. The fourth-order valence-corrected chi connectivity index (χ4v) is 1.59. The first kappa shape index (κ1) is 12.4. The highest BCUT2D eigenvalue weighted by Gasteiger charge is 2.31. The SMILES string of the molecule is Cc1ccc(-c2cc(C(F)(F)F)cc(N)n2)cc1. The maximum absolute atomic E-state index is 12.6. The molecule has 0 radical (unpaired) electrons. The number of rotatable bonds is 1. The Hall–Kier alpha value is -2.04. The molecule has 0 saturated heterocycles. The second kappa shape index (κ2) is 4.33. The molecule has 0 aliphatic rings. The number of nitrogen functional groups attached to an aromatic ring is 1. The van der Waals surface area contributed by atoms with E-state index in [1.807, 2.05) is 19.1 Å². The van der Waals surface area contributed by atoms with Gasteiger partial charge in [0.1, 0.15) is 5.82 Å². The van der Waals surface area contributed by atoms with Gasteiger partial charge in [0.2, 0.25) is 0 Å². The maximum Gasteiger partial charge on any atom is 0.416 e. The molecule has 1 aromatic carbocycles. The molecule has 1 heterocycles. The highest BCUT2D eigenvalue weighted by atomic mass is 19.4. The fraction of sp³-hybridized carbons (Fsp3) is 0.154. The smallest absolute Gasteiger partial charge is 0.384 e. The number of benzene rings is 1. The Morgan fingerprint density at radius 2 is 1.67 bits per heavy atom. The molecular formula is C13H11F3N2. The van der Waals surface area contributed by atoms with Gasteiger partial charge in [0.05, 0.1) is 11.3 Å². The largest absolute Gasteiger partial charge is 0.416 e. The maximum atomic E-state index is 12.6. The first-order chi connectivity index (χ1) is 8.36. The molecule has 5 heteroatoms. The Morgan fingerprint density at radius 3 is 2.22 bits per heavy atom. The minimum Gasteiger partial charge on any atom is -0.384 e. The second-order valence-electron chi connectivity index (χ2n) is 4.03. The van der Waals surface area contributed by atoms with E-state index >= 15 is 0 Å². The number of aromatic nitrogens is 1. The van der Waals surface area contributed by atoms with E-state index in [2.05, 4.69) is 4.98 Å². The zero-order valence-electron chi connectivity index (χ0n) is 9.62. The lowest BCUT2D eigenvalue weighted by Gasteiger charge is -2.10. The molecule has 2 rings (SSSR count). The summed E-state index contributed by atoms with van der Waals surface area (Å²) >= 11 is 0. The normalized spacial score (nSPS) is 11.6. The van der Waals surface area contributed by atoms with Crippen molar-refractivity contribution in [3.05, 3.63) is 47.5 Å². The summed E-state index contributed by atoms with van der Waals surface area (Å²) in [5.74, 6) is -0.139. The Bertz CT molecular complexity index is 559. The highest BCUT2D eigenvalue weighted by molar-refractivity contribution is 5.62. The van der Waals surface area contributed by atoms with Crippen LogP contribution in [0, 0.1) is 6.92 Å². The van der Waals surface area contributed by atoms with Gasteiger partial charge in [0.25, 0.3) is 0 Å². The third-order valence-corrected chi connectivity index (χ3v) is 2.52. The van der Waals surface area contributed by atoms with E-state index in [-0.39, 0.29) is 11.5 Å². The summed E-state index contributed by atoms with van der Waals surface area (Å²) in [4.78, 5) is 3.93. The molecule has 1 aromatic heterocycles. The minimum absolute atomic E-state index is 0.139. The number of hydrogen-bond donors (Lipinski definition) is 1. The van der Waals surface area contributed by atoms with Crippen molar-refractivity contribution in [3.63, 3.8) is 0 Å². The molecule has 0 unspecified atom stereocenters. The predicted octanol–water partition coefficient (Wildman–Crippen LogP) is 3.66. The van der Waals surface area contributed by atoms with Gasteiger partial charge >= 0.3 is 6.18 Å². The zero-order valence-corrected chi connectivity index (χ0v) is 9.62. The van der Waals surface area contributed by atoms with Crippen LogP contribution >= 0.6 is 0 Å². The molecule has 2 aromatic rings. The molecule has 0 aliphatic heterocycles. The number of alkyl halides is 3. The van der Waals surface area contributed by atoms with Gasteiger partial charge in [-0.1, -0.05) is 29.8 Å². The van der Waals surface area contributed by atoms with Crippen LogP contribution < -0.4 is 5.73 Å². The number of hydrogen-bond acceptors (Lipinski definition) is 2. The summed E-state index contributed by atoms with van der Waals surface area (Å²) in [5, 5.41) is 0. The van der Waals surface area contributed by atoms with Crippen molar-refractivity contribution in [1.29, 1.82) is 0 Å². The van der Waals surface area contributed by atoms with Gasteiger partial charge in [-0.25, -0.2) is 4.98 Å². The lowest BCUT2D eigenvalue weighted by Crippen LogP contribution is -2.07. The summed E-state index contributed by atoms with van der Waals surface area (Å²) in [6, 6.07) is 8.90. The van der Waals surface area contributed by atoms with Crippen molar-refractivity contribution >= 4 is 5.82 Å². The summed E-state index contributed by atoms with van der Waals surface area (Å²) in [5.41, 5.74) is 6.49. The number of halogens is 3. The van der Waals surface area contributed by atoms with Gasteiger partial charge in [0, 0.05) is 5.56 Å². The van der Waals surface area contributed by atoms with Crippen molar-refractivity contribution in [3.8, 4) is 11.3 Å². The predicted molar refractivity (Wildman–Crippen MR) is 63.8 cm³/mol. The molecule has 0 spiro atoms. The number of anilines is 1. The van der Waals surface area contributed by atoms with Gasteiger partial charge in [-0.05, 0) is 19.1 Å². The van der Waals surface area contributed by atoms with Gasteiger partial charge in [-0.3, -0.25) is 0 Å². The standard InChI is InChI=1S/C13H11F3N2/c1-8-2-4-9(5-3-8)11-6-10(13(14,15)16)7-12(17)18-11/h2-7H,1H3,(H2,17,18). The molecule has 2 nitrogen and oxygen atoms in total. The van der Waals surface area contributed by atoms with E-state index in [0.29, 0.717) is 5.56 Å². The van der Waals surface area contributed by atoms with Crippen LogP contribution in [0.2, 0.25) is 0 Å².